The first-order chi connectivity index (χ1) is 30.5. The second-order valence-corrected chi connectivity index (χ2v) is 16.8. The standard InChI is InChI=1S/C49H50F3N7O5/c1-28-21-38(51)36(26-42(28)59-20-18-43(60)57-48(59)63)47(62)58(5)19-10-8-6-7-9-11-30-12-14-31(15-13-30)41-25-37-44(53-27-54-45(37)55-41)35-23-33(50)24-40(29(35)2)56-46(61)34-17-16-32(22-39(34)52)49(3,4)64/h12-17,21-27,64H,6-11,18-20H2,1-5H3,(H,56,61)(H,53,54,55)(H,57,60,63). The van der Waals surface area contributed by atoms with Crippen LogP contribution in [0.5, 0.6) is 0 Å². The van der Waals surface area contributed by atoms with Gasteiger partial charge in [0.1, 0.15) is 29.4 Å². The maximum atomic E-state index is 15.1. The van der Waals surface area contributed by atoms with Gasteiger partial charge in [-0.15, -0.1) is 0 Å². The monoisotopic (exact) mass is 873 g/mol. The van der Waals surface area contributed by atoms with Gasteiger partial charge in [0.2, 0.25) is 5.91 Å². The Morgan fingerprint density at radius 1 is 0.875 bits per heavy atom. The zero-order chi connectivity index (χ0) is 45.9. The van der Waals surface area contributed by atoms with Crippen molar-refractivity contribution in [2.45, 2.75) is 78.2 Å². The van der Waals surface area contributed by atoms with Gasteiger partial charge in [0, 0.05) is 54.6 Å². The Bertz CT molecular complexity index is 2760. The number of imide groups is 1. The number of carbonyl (C=O) groups excluding carboxylic acids is 4. The molecule has 0 atom stereocenters. The Hall–Kier alpha value is -6.87. The number of carbonyl (C=O) groups is 4. The molecule has 1 fully saturated rings. The molecular weight excluding hydrogens is 824 g/mol. The molecule has 7 rings (SSSR count). The van der Waals surface area contributed by atoms with E-state index in [4.69, 9.17) is 0 Å². The highest BCUT2D eigenvalue weighted by molar-refractivity contribution is 6.07. The van der Waals surface area contributed by atoms with Gasteiger partial charge >= 0.3 is 6.03 Å². The van der Waals surface area contributed by atoms with Crippen LogP contribution in [-0.4, -0.2) is 68.8 Å². The van der Waals surface area contributed by atoms with Crippen LogP contribution in [0.1, 0.15) is 95.3 Å². The topological polar surface area (TPSA) is 161 Å². The molecule has 5 amide bonds. The summed E-state index contributed by atoms with van der Waals surface area (Å²) >= 11 is 0. The summed E-state index contributed by atoms with van der Waals surface area (Å²) in [6, 6.07) is 18.5. The molecule has 1 saturated heterocycles. The first kappa shape index (κ1) is 45.2. The van der Waals surface area contributed by atoms with Crippen molar-refractivity contribution in [2.75, 3.05) is 30.4 Å². The van der Waals surface area contributed by atoms with Crippen LogP contribution in [0.3, 0.4) is 0 Å². The quantitative estimate of drug-likeness (QED) is 0.0748. The fraction of sp³-hybridized carbons (Fsp3) is 0.306. The maximum Gasteiger partial charge on any atom is 0.328 e. The van der Waals surface area contributed by atoms with Gasteiger partial charge < -0.3 is 20.3 Å². The van der Waals surface area contributed by atoms with Crippen molar-refractivity contribution in [3.63, 3.8) is 0 Å². The SMILES string of the molecule is Cc1cc(F)c(C(=O)N(C)CCCCCCCc2ccc(-c3cc4c(-c5cc(F)cc(NC(=O)c6ccc(C(C)(C)O)cc6F)c5C)ncnc4[nH]3)cc2)cc1N1CCC(=O)NC1=O. The number of aliphatic hydroxyl groups is 1. The number of H-pyrrole nitrogens is 1. The number of rotatable bonds is 15. The number of aryl methyl sites for hydroxylation is 2. The molecule has 4 N–H and O–H groups in total. The van der Waals surface area contributed by atoms with E-state index in [9.17, 15) is 33.1 Å². The zero-order valence-electron chi connectivity index (χ0n) is 36.4. The molecule has 4 aromatic carbocycles. The molecule has 0 saturated carbocycles. The van der Waals surface area contributed by atoms with E-state index < -0.39 is 40.9 Å². The van der Waals surface area contributed by atoms with E-state index >= 15 is 4.39 Å². The van der Waals surface area contributed by atoms with Crippen LogP contribution in [-0.2, 0) is 16.8 Å². The summed E-state index contributed by atoms with van der Waals surface area (Å²) in [4.78, 5) is 65.5. The molecule has 12 nitrogen and oxygen atoms in total. The highest BCUT2D eigenvalue weighted by Crippen LogP contribution is 2.35. The van der Waals surface area contributed by atoms with Crippen LogP contribution in [0, 0.1) is 31.3 Å². The lowest BCUT2D eigenvalue weighted by atomic mass is 9.96. The van der Waals surface area contributed by atoms with Crippen molar-refractivity contribution < 1.29 is 37.5 Å². The fourth-order valence-corrected chi connectivity index (χ4v) is 7.91. The lowest BCUT2D eigenvalue weighted by Crippen LogP contribution is -2.49. The third-order valence-corrected chi connectivity index (χ3v) is 11.7. The van der Waals surface area contributed by atoms with E-state index in [0.29, 0.717) is 51.2 Å². The van der Waals surface area contributed by atoms with Crippen LogP contribution in [0.25, 0.3) is 33.5 Å². The number of benzene rings is 4. The number of aromatic amines is 1. The number of fused-ring (bicyclic) bond motifs is 1. The first-order valence-corrected chi connectivity index (χ1v) is 21.2. The predicted molar refractivity (Wildman–Crippen MR) is 239 cm³/mol. The van der Waals surface area contributed by atoms with Crippen LogP contribution >= 0.6 is 0 Å². The summed E-state index contributed by atoms with van der Waals surface area (Å²) in [6.45, 7) is 7.01. The fourth-order valence-electron chi connectivity index (χ4n) is 7.91. The minimum atomic E-state index is -1.30. The minimum absolute atomic E-state index is 0.118. The lowest BCUT2D eigenvalue weighted by molar-refractivity contribution is -0.120. The van der Waals surface area contributed by atoms with Gasteiger partial charge in [-0.1, -0.05) is 49.6 Å². The lowest BCUT2D eigenvalue weighted by Gasteiger charge is -2.28. The summed E-state index contributed by atoms with van der Waals surface area (Å²) < 4.78 is 45.0. The molecule has 0 spiro atoms. The van der Waals surface area contributed by atoms with Gasteiger partial charge in [-0.3, -0.25) is 24.6 Å². The number of nitrogens with zero attached hydrogens (tertiary/aromatic N) is 4. The summed E-state index contributed by atoms with van der Waals surface area (Å²) in [5, 5.41) is 15.8. The number of hydrogen-bond donors (Lipinski definition) is 4. The van der Waals surface area contributed by atoms with E-state index in [0.717, 1.165) is 55.8 Å². The zero-order valence-corrected chi connectivity index (χ0v) is 36.4. The highest BCUT2D eigenvalue weighted by Gasteiger charge is 2.28. The number of halogens is 3. The van der Waals surface area contributed by atoms with Crippen LogP contribution in [0.4, 0.5) is 29.3 Å². The molecule has 1 aliphatic rings. The Labute approximate surface area is 368 Å². The van der Waals surface area contributed by atoms with E-state index in [1.807, 2.05) is 18.2 Å². The largest absolute Gasteiger partial charge is 0.386 e. The number of aromatic nitrogens is 3. The predicted octanol–water partition coefficient (Wildman–Crippen LogP) is 9.52. The van der Waals surface area contributed by atoms with E-state index in [2.05, 4.69) is 37.7 Å². The number of anilines is 2. The second kappa shape index (κ2) is 18.9. The van der Waals surface area contributed by atoms with E-state index in [-0.39, 0.29) is 35.7 Å². The summed E-state index contributed by atoms with van der Waals surface area (Å²) in [5.74, 6) is -3.70. The molecule has 0 radical (unpaired) electrons. The van der Waals surface area contributed by atoms with E-state index in [1.165, 1.54) is 71.9 Å². The molecule has 15 heteroatoms. The van der Waals surface area contributed by atoms with Crippen molar-refractivity contribution in [3.8, 4) is 22.5 Å². The third-order valence-electron chi connectivity index (χ3n) is 11.7. The third kappa shape index (κ3) is 9.99. The molecule has 64 heavy (non-hydrogen) atoms. The number of amides is 5. The molecule has 3 heterocycles. The Balaban J connectivity index is 0.917. The molecule has 0 unspecified atom stereocenters. The van der Waals surface area contributed by atoms with Gasteiger partial charge in [-0.25, -0.2) is 27.9 Å². The maximum absolute atomic E-state index is 15.1. The number of hydrogen-bond acceptors (Lipinski definition) is 7. The van der Waals surface area contributed by atoms with Crippen molar-refractivity contribution in [1.29, 1.82) is 0 Å². The van der Waals surface area contributed by atoms with E-state index in [1.54, 1.807) is 20.9 Å². The van der Waals surface area contributed by atoms with Crippen molar-refractivity contribution >= 4 is 46.2 Å². The number of nitrogens with one attached hydrogen (secondary N) is 3. The minimum Gasteiger partial charge on any atom is -0.386 e. The number of unbranched alkanes of at least 4 members (excludes halogenated alkanes) is 4. The molecule has 1 aliphatic heterocycles. The summed E-state index contributed by atoms with van der Waals surface area (Å²) in [5.41, 5.74) is 4.52. The van der Waals surface area contributed by atoms with Crippen molar-refractivity contribution in [2.24, 2.45) is 0 Å². The summed E-state index contributed by atoms with van der Waals surface area (Å²) in [7, 11) is 1.64. The van der Waals surface area contributed by atoms with Gasteiger partial charge in [-0.2, -0.15) is 0 Å². The normalized spacial score (nSPS) is 13.0. The Kier molecular flexibility index (Phi) is 13.3. The first-order valence-electron chi connectivity index (χ1n) is 21.2. The molecule has 0 aliphatic carbocycles. The highest BCUT2D eigenvalue weighted by atomic mass is 19.1. The average molecular weight is 874 g/mol. The molecular formula is C49H50F3N7O5. The van der Waals surface area contributed by atoms with Crippen LogP contribution < -0.4 is 15.5 Å². The van der Waals surface area contributed by atoms with Gasteiger partial charge in [0.15, 0.2) is 0 Å². The van der Waals surface area contributed by atoms with Gasteiger partial charge in [-0.05, 0) is 117 Å². The molecule has 6 aromatic rings. The Morgan fingerprint density at radius 3 is 2.31 bits per heavy atom. The van der Waals surface area contributed by atoms with Crippen molar-refractivity contribution in [3.05, 3.63) is 130 Å². The van der Waals surface area contributed by atoms with Crippen molar-refractivity contribution in [1.82, 2.24) is 25.2 Å². The summed E-state index contributed by atoms with van der Waals surface area (Å²) in [6.07, 6.45) is 6.99. The smallest absolute Gasteiger partial charge is 0.328 e. The molecule has 2 aromatic heterocycles. The Morgan fingerprint density at radius 2 is 1.59 bits per heavy atom. The van der Waals surface area contributed by atoms with Crippen LogP contribution in [0.2, 0.25) is 0 Å². The van der Waals surface area contributed by atoms with Gasteiger partial charge in [0.25, 0.3) is 11.8 Å². The number of urea groups is 1. The average Bonchev–Trinajstić information content (AvgIpc) is 3.69. The van der Waals surface area contributed by atoms with Gasteiger partial charge in [0.05, 0.1) is 22.4 Å². The second-order valence-electron chi connectivity index (χ2n) is 16.8. The van der Waals surface area contributed by atoms with Crippen LogP contribution in [0.15, 0.2) is 79.1 Å². The molecule has 0 bridgehead atoms. The molecule has 332 valence electrons.